The Balaban J connectivity index is 1.86. The van der Waals surface area contributed by atoms with Gasteiger partial charge in [0.25, 0.3) is 5.91 Å². The number of amides is 2. The van der Waals surface area contributed by atoms with E-state index in [0.717, 1.165) is 4.90 Å². The molecule has 2 rings (SSSR count). The average Bonchev–Trinajstić information content (AvgIpc) is 2.64. The van der Waals surface area contributed by atoms with Gasteiger partial charge >= 0.3 is 0 Å². The van der Waals surface area contributed by atoms with E-state index in [2.05, 4.69) is 34.9 Å². The first-order valence-corrected chi connectivity index (χ1v) is 9.44. The van der Waals surface area contributed by atoms with Gasteiger partial charge in [0.15, 0.2) is 0 Å². The maximum atomic E-state index is 12.2. The molecule has 0 aliphatic rings. The van der Waals surface area contributed by atoms with Crippen LogP contribution in [0.4, 0.5) is 5.69 Å². The average molecular weight is 372 g/mol. The zero-order valence-electron chi connectivity index (χ0n) is 15.1. The third-order valence-electron chi connectivity index (χ3n) is 3.66. The summed E-state index contributed by atoms with van der Waals surface area (Å²) < 4.78 is 4.92. The minimum Gasteiger partial charge on any atom is -0.383 e. The van der Waals surface area contributed by atoms with Gasteiger partial charge in [-0.15, -0.1) is 11.8 Å². The van der Waals surface area contributed by atoms with Crippen LogP contribution in [0.2, 0.25) is 0 Å². The number of thioether (sulfide) groups is 1. The van der Waals surface area contributed by atoms with Crippen LogP contribution in [0.3, 0.4) is 0 Å². The van der Waals surface area contributed by atoms with Crippen LogP contribution in [0.15, 0.2) is 53.4 Å². The summed E-state index contributed by atoms with van der Waals surface area (Å²) in [6.07, 6.45) is 0.373. The van der Waals surface area contributed by atoms with E-state index >= 15 is 0 Å². The highest BCUT2D eigenvalue weighted by atomic mass is 32.2. The number of hydrogen-bond donors (Lipinski definition) is 2. The van der Waals surface area contributed by atoms with E-state index in [1.165, 1.54) is 5.56 Å². The number of methoxy groups -OCH3 is 1. The lowest BCUT2D eigenvalue weighted by Crippen LogP contribution is -2.28. The lowest BCUT2D eigenvalue weighted by Gasteiger charge is -2.11. The summed E-state index contributed by atoms with van der Waals surface area (Å²) in [6.45, 7) is 2.91. The maximum absolute atomic E-state index is 12.2. The van der Waals surface area contributed by atoms with Gasteiger partial charge in [0.05, 0.1) is 17.9 Å². The van der Waals surface area contributed by atoms with Crippen LogP contribution in [-0.4, -0.2) is 37.8 Å². The lowest BCUT2D eigenvalue weighted by atomic mass is 10.1. The third-order valence-corrected chi connectivity index (χ3v) is 4.67. The van der Waals surface area contributed by atoms with Crippen LogP contribution in [0.5, 0.6) is 0 Å². The molecule has 0 atom stereocenters. The van der Waals surface area contributed by atoms with E-state index in [9.17, 15) is 9.59 Å². The van der Waals surface area contributed by atoms with Gasteiger partial charge in [-0.1, -0.05) is 29.8 Å². The quantitative estimate of drug-likeness (QED) is 0.522. The predicted molar refractivity (Wildman–Crippen MR) is 106 cm³/mol. The highest BCUT2D eigenvalue weighted by molar-refractivity contribution is 7.99. The number of carbonyl (C=O) groups is 2. The molecule has 0 bridgehead atoms. The molecule has 0 heterocycles. The maximum Gasteiger partial charge on any atom is 0.253 e. The summed E-state index contributed by atoms with van der Waals surface area (Å²) in [7, 11) is 1.58. The van der Waals surface area contributed by atoms with Crippen LogP contribution in [0, 0.1) is 6.92 Å². The molecule has 0 unspecified atom stereocenters. The van der Waals surface area contributed by atoms with Crippen LogP contribution < -0.4 is 10.6 Å². The van der Waals surface area contributed by atoms with Crippen molar-refractivity contribution in [3.05, 3.63) is 59.7 Å². The molecule has 2 amide bonds. The summed E-state index contributed by atoms with van der Waals surface area (Å²) in [5.41, 5.74) is 2.18. The fourth-order valence-corrected chi connectivity index (χ4v) is 3.11. The molecule has 0 fully saturated rings. The second-order valence-corrected chi connectivity index (χ2v) is 6.92. The molecule has 6 heteroatoms. The molecule has 0 spiro atoms. The predicted octanol–water partition coefficient (Wildman–Crippen LogP) is 3.49. The van der Waals surface area contributed by atoms with E-state index in [1.54, 1.807) is 43.1 Å². The zero-order chi connectivity index (χ0) is 18.8. The van der Waals surface area contributed by atoms with Crippen molar-refractivity contribution in [3.8, 4) is 0 Å². The lowest BCUT2D eigenvalue weighted by molar-refractivity contribution is -0.115. The summed E-state index contributed by atoms with van der Waals surface area (Å²) in [5, 5.41) is 5.60. The van der Waals surface area contributed by atoms with Crippen molar-refractivity contribution in [2.24, 2.45) is 0 Å². The molecule has 2 aromatic carbocycles. The van der Waals surface area contributed by atoms with Gasteiger partial charge in [0, 0.05) is 30.7 Å². The van der Waals surface area contributed by atoms with Crippen molar-refractivity contribution >= 4 is 29.3 Å². The number of nitrogens with one attached hydrogen (secondary N) is 2. The first-order chi connectivity index (χ1) is 12.6. The van der Waals surface area contributed by atoms with Gasteiger partial charge in [-0.3, -0.25) is 9.59 Å². The molecule has 0 saturated carbocycles. The smallest absolute Gasteiger partial charge is 0.253 e. The van der Waals surface area contributed by atoms with E-state index in [1.807, 2.05) is 6.92 Å². The number of rotatable bonds is 9. The first-order valence-electron chi connectivity index (χ1n) is 8.45. The molecule has 26 heavy (non-hydrogen) atoms. The largest absolute Gasteiger partial charge is 0.383 e. The summed E-state index contributed by atoms with van der Waals surface area (Å²) in [4.78, 5) is 25.6. The van der Waals surface area contributed by atoms with Crippen LogP contribution >= 0.6 is 11.8 Å². The number of carbonyl (C=O) groups excluding carboxylic acids is 2. The SMILES string of the molecule is COCCNC(=O)c1ccccc1NC(=O)CCSc1ccc(C)cc1. The Morgan fingerprint density at radius 2 is 1.81 bits per heavy atom. The fraction of sp³-hybridized carbons (Fsp3) is 0.300. The first kappa shape index (κ1) is 20.0. The van der Waals surface area contributed by atoms with Gasteiger partial charge in [0.2, 0.25) is 5.91 Å². The fourth-order valence-electron chi connectivity index (χ4n) is 2.26. The Labute approximate surface area is 158 Å². The van der Waals surface area contributed by atoms with E-state index in [-0.39, 0.29) is 11.8 Å². The Kier molecular flexibility index (Phi) is 8.18. The topological polar surface area (TPSA) is 67.4 Å². The third kappa shape index (κ3) is 6.54. The number of anilines is 1. The number of para-hydroxylation sites is 1. The minimum atomic E-state index is -0.230. The molecule has 0 aliphatic carbocycles. The highest BCUT2D eigenvalue weighted by Gasteiger charge is 2.12. The molecular formula is C20H24N2O3S. The van der Waals surface area contributed by atoms with Crippen molar-refractivity contribution in [2.75, 3.05) is 31.3 Å². The highest BCUT2D eigenvalue weighted by Crippen LogP contribution is 2.20. The molecule has 138 valence electrons. The van der Waals surface area contributed by atoms with Crippen LogP contribution in [-0.2, 0) is 9.53 Å². The summed E-state index contributed by atoms with van der Waals surface area (Å²) >= 11 is 1.64. The van der Waals surface area contributed by atoms with Crippen LogP contribution in [0.1, 0.15) is 22.3 Å². The van der Waals surface area contributed by atoms with E-state index in [4.69, 9.17) is 4.74 Å². The normalized spacial score (nSPS) is 10.4. The van der Waals surface area contributed by atoms with E-state index < -0.39 is 0 Å². The summed E-state index contributed by atoms with van der Waals surface area (Å²) in [6, 6.07) is 15.2. The number of benzene rings is 2. The molecule has 0 aromatic heterocycles. The second kappa shape index (κ2) is 10.6. The van der Waals surface area contributed by atoms with Crippen molar-refractivity contribution in [1.29, 1.82) is 0 Å². The molecule has 0 aliphatic heterocycles. The van der Waals surface area contributed by atoms with Gasteiger partial charge in [-0.25, -0.2) is 0 Å². The van der Waals surface area contributed by atoms with Crippen molar-refractivity contribution in [3.63, 3.8) is 0 Å². The zero-order valence-corrected chi connectivity index (χ0v) is 15.9. The minimum absolute atomic E-state index is 0.109. The molecule has 5 nitrogen and oxygen atoms in total. The Bertz CT molecular complexity index is 732. The molecule has 0 radical (unpaired) electrons. The van der Waals surface area contributed by atoms with Gasteiger partial charge in [-0.2, -0.15) is 0 Å². The molecule has 0 saturated heterocycles. The van der Waals surface area contributed by atoms with Crippen molar-refractivity contribution < 1.29 is 14.3 Å². The molecular weight excluding hydrogens is 348 g/mol. The van der Waals surface area contributed by atoms with Crippen LogP contribution in [0.25, 0.3) is 0 Å². The standard InChI is InChI=1S/C20H24N2O3S/c1-15-7-9-16(10-8-15)26-14-11-19(23)22-18-6-4-3-5-17(18)20(24)21-12-13-25-2/h3-10H,11-14H2,1-2H3,(H,21,24)(H,22,23). The number of ether oxygens (including phenoxy) is 1. The Morgan fingerprint density at radius 3 is 2.54 bits per heavy atom. The van der Waals surface area contributed by atoms with Crippen molar-refractivity contribution in [1.82, 2.24) is 5.32 Å². The molecule has 2 aromatic rings. The molecule has 2 N–H and O–H groups in total. The van der Waals surface area contributed by atoms with Gasteiger partial charge < -0.3 is 15.4 Å². The number of hydrogen-bond acceptors (Lipinski definition) is 4. The Hall–Kier alpha value is -2.31. The number of aryl methyl sites for hydroxylation is 1. The second-order valence-electron chi connectivity index (χ2n) is 5.75. The van der Waals surface area contributed by atoms with Crippen molar-refractivity contribution in [2.45, 2.75) is 18.2 Å². The monoisotopic (exact) mass is 372 g/mol. The van der Waals surface area contributed by atoms with E-state index in [0.29, 0.717) is 36.6 Å². The Morgan fingerprint density at radius 1 is 1.08 bits per heavy atom. The van der Waals surface area contributed by atoms with Gasteiger partial charge in [0.1, 0.15) is 0 Å². The van der Waals surface area contributed by atoms with Gasteiger partial charge in [-0.05, 0) is 31.2 Å². The summed E-state index contributed by atoms with van der Waals surface area (Å²) in [5.74, 6) is 0.339.